The van der Waals surface area contributed by atoms with Gasteiger partial charge in [-0.2, -0.15) is 0 Å². The molecule has 0 aromatic heterocycles. The minimum Gasteiger partial charge on any atom is -0.461 e. The number of hydrogen-bond acceptors (Lipinski definition) is 3. The lowest BCUT2D eigenvalue weighted by Crippen LogP contribution is -2.65. The molecule has 1 unspecified atom stereocenters. The van der Waals surface area contributed by atoms with Crippen LogP contribution in [0, 0.1) is 0 Å². The number of rotatable bonds is 1. The fourth-order valence-electron chi connectivity index (χ4n) is 4.74. The second kappa shape index (κ2) is 4.31. The van der Waals surface area contributed by atoms with Crippen molar-refractivity contribution < 1.29 is 18.8 Å². The molecule has 112 valence electrons. The van der Waals surface area contributed by atoms with Crippen LogP contribution in [0.15, 0.2) is 34.9 Å². The highest BCUT2D eigenvalue weighted by Gasteiger charge is 2.61. The summed E-state index contributed by atoms with van der Waals surface area (Å²) in [7, 11) is 4.10. The van der Waals surface area contributed by atoms with Gasteiger partial charge in [-0.15, -0.1) is 0 Å². The molecule has 0 aromatic rings. The van der Waals surface area contributed by atoms with Gasteiger partial charge in [0.05, 0.1) is 32.7 Å². The van der Waals surface area contributed by atoms with Gasteiger partial charge in [-0.05, 0) is 11.6 Å². The van der Waals surface area contributed by atoms with E-state index in [1.165, 1.54) is 16.7 Å². The van der Waals surface area contributed by atoms with Crippen molar-refractivity contribution in [3.05, 3.63) is 34.9 Å². The Morgan fingerprint density at radius 3 is 3.14 bits per heavy atom. The van der Waals surface area contributed by atoms with Crippen LogP contribution in [-0.2, 0) is 14.3 Å². The Morgan fingerprint density at radius 2 is 2.33 bits per heavy atom. The number of carbonyl (C=O) groups excluding carboxylic acids is 1. The van der Waals surface area contributed by atoms with Crippen molar-refractivity contribution in [2.75, 3.05) is 33.9 Å². The van der Waals surface area contributed by atoms with E-state index in [-0.39, 0.29) is 17.6 Å². The molecule has 1 aliphatic carbocycles. The fourth-order valence-corrected chi connectivity index (χ4v) is 4.74. The number of quaternary nitrogens is 1. The van der Waals surface area contributed by atoms with Gasteiger partial charge in [0.15, 0.2) is 5.54 Å². The zero-order valence-corrected chi connectivity index (χ0v) is 12.7. The quantitative estimate of drug-likeness (QED) is 0.419. The SMILES string of the molecule is CO[C@H]1C=CC2=CC[N+]3(C)CCC4=C(CC(=O)OC4)[C@]23C1. The van der Waals surface area contributed by atoms with Crippen molar-refractivity contribution >= 4 is 5.97 Å². The van der Waals surface area contributed by atoms with E-state index < -0.39 is 0 Å². The molecule has 0 bridgehead atoms. The van der Waals surface area contributed by atoms with Gasteiger partial charge >= 0.3 is 5.97 Å². The molecule has 1 spiro atoms. The van der Waals surface area contributed by atoms with Crippen LogP contribution in [0.25, 0.3) is 0 Å². The zero-order valence-electron chi connectivity index (χ0n) is 12.7. The van der Waals surface area contributed by atoms with Gasteiger partial charge in [0.2, 0.25) is 0 Å². The van der Waals surface area contributed by atoms with Gasteiger partial charge in [0.25, 0.3) is 0 Å². The smallest absolute Gasteiger partial charge is 0.310 e. The van der Waals surface area contributed by atoms with Crippen molar-refractivity contribution in [3.8, 4) is 0 Å². The molecule has 0 amide bonds. The summed E-state index contributed by atoms with van der Waals surface area (Å²) in [6.45, 7) is 2.65. The van der Waals surface area contributed by atoms with Crippen LogP contribution >= 0.6 is 0 Å². The molecular weight excluding hydrogens is 266 g/mol. The maximum Gasteiger partial charge on any atom is 0.310 e. The maximum absolute atomic E-state index is 11.9. The van der Waals surface area contributed by atoms with E-state index in [1.807, 2.05) is 0 Å². The van der Waals surface area contributed by atoms with E-state index in [0.29, 0.717) is 13.0 Å². The van der Waals surface area contributed by atoms with Gasteiger partial charge in [0, 0.05) is 31.1 Å². The monoisotopic (exact) mass is 288 g/mol. The Labute approximate surface area is 125 Å². The zero-order chi connectivity index (χ0) is 14.7. The average molecular weight is 288 g/mol. The van der Waals surface area contributed by atoms with Crippen LogP contribution in [0.4, 0.5) is 0 Å². The predicted molar refractivity (Wildman–Crippen MR) is 78.5 cm³/mol. The van der Waals surface area contributed by atoms with E-state index in [9.17, 15) is 4.79 Å². The Bertz CT molecular complexity index is 603. The molecule has 4 nitrogen and oxygen atoms in total. The van der Waals surface area contributed by atoms with Crippen LogP contribution in [0.2, 0.25) is 0 Å². The Hall–Kier alpha value is -1.39. The number of likely N-dealkylation sites (N-methyl/N-ethyl adjacent to an activating group) is 1. The average Bonchev–Trinajstić information content (AvgIpc) is 2.81. The highest BCUT2D eigenvalue weighted by molar-refractivity contribution is 5.76. The maximum atomic E-state index is 11.9. The number of cyclic esters (lactones) is 1. The molecule has 0 fully saturated rings. The Kier molecular flexibility index (Phi) is 2.72. The first kappa shape index (κ1) is 13.3. The summed E-state index contributed by atoms with van der Waals surface area (Å²) in [6, 6.07) is 0. The lowest BCUT2D eigenvalue weighted by molar-refractivity contribution is -0.939. The van der Waals surface area contributed by atoms with Crippen LogP contribution in [0.5, 0.6) is 0 Å². The first-order chi connectivity index (χ1) is 10.1. The number of methoxy groups -OCH3 is 1. The summed E-state index contributed by atoms with van der Waals surface area (Å²) >= 11 is 0. The molecule has 3 aliphatic heterocycles. The third kappa shape index (κ3) is 1.60. The third-order valence-corrected chi connectivity index (χ3v) is 5.96. The highest BCUT2D eigenvalue weighted by atomic mass is 16.5. The lowest BCUT2D eigenvalue weighted by atomic mass is 9.68. The molecule has 0 N–H and O–H groups in total. The van der Waals surface area contributed by atoms with E-state index in [4.69, 9.17) is 9.47 Å². The van der Waals surface area contributed by atoms with Crippen LogP contribution < -0.4 is 0 Å². The van der Waals surface area contributed by atoms with Crippen molar-refractivity contribution in [2.24, 2.45) is 0 Å². The van der Waals surface area contributed by atoms with Gasteiger partial charge in [-0.25, -0.2) is 0 Å². The van der Waals surface area contributed by atoms with Gasteiger partial charge in [-0.1, -0.05) is 12.2 Å². The summed E-state index contributed by atoms with van der Waals surface area (Å²) in [6.07, 6.45) is 9.29. The van der Waals surface area contributed by atoms with E-state index in [1.54, 1.807) is 7.11 Å². The van der Waals surface area contributed by atoms with Gasteiger partial charge in [0.1, 0.15) is 6.61 Å². The van der Waals surface area contributed by atoms with Crippen LogP contribution in [-0.4, -0.2) is 55.9 Å². The predicted octanol–water partition coefficient (Wildman–Crippen LogP) is 1.73. The number of ether oxygens (including phenoxy) is 2. The Balaban J connectivity index is 1.90. The van der Waals surface area contributed by atoms with Crippen LogP contribution in [0.3, 0.4) is 0 Å². The first-order valence-electron chi connectivity index (χ1n) is 7.72. The first-order valence-corrected chi connectivity index (χ1v) is 7.72. The third-order valence-electron chi connectivity index (χ3n) is 5.96. The van der Waals surface area contributed by atoms with E-state index in [0.717, 1.165) is 30.4 Å². The molecule has 0 aromatic carbocycles. The fraction of sp³-hybridized carbons (Fsp3) is 0.588. The van der Waals surface area contributed by atoms with E-state index in [2.05, 4.69) is 25.3 Å². The summed E-state index contributed by atoms with van der Waals surface area (Å²) < 4.78 is 11.9. The topological polar surface area (TPSA) is 35.5 Å². The minimum absolute atomic E-state index is 0.0670. The number of carbonyl (C=O) groups is 1. The normalized spacial score (nSPS) is 41.1. The van der Waals surface area contributed by atoms with Gasteiger partial charge < -0.3 is 14.0 Å². The Morgan fingerprint density at radius 1 is 1.48 bits per heavy atom. The van der Waals surface area contributed by atoms with E-state index >= 15 is 0 Å². The molecule has 4 aliphatic rings. The van der Waals surface area contributed by atoms with Gasteiger partial charge in [-0.3, -0.25) is 4.79 Å². The number of nitrogens with zero attached hydrogens (tertiary/aromatic N) is 1. The molecule has 4 heteroatoms. The van der Waals surface area contributed by atoms with Crippen molar-refractivity contribution in [1.82, 2.24) is 0 Å². The molecule has 3 atom stereocenters. The number of esters is 1. The minimum atomic E-state index is -0.0775. The number of hydrogen-bond donors (Lipinski definition) is 0. The molecule has 3 heterocycles. The molecule has 0 saturated heterocycles. The molecular formula is C17H22NO3+. The standard InChI is InChI=1S/C17H22NO3/c1-18-7-5-12-11-21-16(19)9-15(12)17(18)10-14(20-2)4-3-13(17)6-8-18/h3-4,6,14H,5,7-11H2,1-2H3/q+1/t14-,17-,18?/m0/s1. The summed E-state index contributed by atoms with van der Waals surface area (Å²) in [4.78, 5) is 11.9. The largest absolute Gasteiger partial charge is 0.461 e. The second-order valence-electron chi connectivity index (χ2n) is 6.83. The van der Waals surface area contributed by atoms with Crippen molar-refractivity contribution in [1.29, 1.82) is 0 Å². The van der Waals surface area contributed by atoms with Crippen molar-refractivity contribution in [2.45, 2.75) is 30.9 Å². The van der Waals surface area contributed by atoms with Crippen molar-refractivity contribution in [3.63, 3.8) is 0 Å². The second-order valence-corrected chi connectivity index (χ2v) is 6.83. The molecule has 4 rings (SSSR count). The molecule has 21 heavy (non-hydrogen) atoms. The van der Waals surface area contributed by atoms with Crippen LogP contribution in [0.1, 0.15) is 19.3 Å². The summed E-state index contributed by atoms with van der Waals surface area (Å²) in [5, 5.41) is 0. The lowest BCUT2D eigenvalue weighted by Gasteiger charge is -2.54. The molecule has 0 saturated carbocycles. The summed E-state index contributed by atoms with van der Waals surface area (Å²) in [5.74, 6) is -0.0775. The molecule has 0 radical (unpaired) electrons. The highest BCUT2D eigenvalue weighted by Crippen LogP contribution is 2.53. The summed E-state index contributed by atoms with van der Waals surface area (Å²) in [5.41, 5.74) is 3.98.